The van der Waals surface area contributed by atoms with Gasteiger partial charge < -0.3 is 0 Å². The molecule has 0 aromatic rings. The van der Waals surface area contributed by atoms with E-state index in [4.69, 9.17) is 0 Å². The molecular formula is C12H4F19N2+. The third-order valence-electron chi connectivity index (χ3n) is 4.03. The van der Waals surface area contributed by atoms with Crippen molar-refractivity contribution in [1.29, 1.82) is 0 Å². The summed E-state index contributed by atoms with van der Waals surface area (Å²) < 4.78 is 249. The first kappa shape index (κ1) is 29.1. The van der Waals surface area contributed by atoms with Gasteiger partial charge in [-0.1, -0.05) is 0 Å². The van der Waals surface area contributed by atoms with Gasteiger partial charge in [-0.25, -0.2) is 4.99 Å². The van der Waals surface area contributed by atoms with Crippen LogP contribution in [-0.2, 0) is 0 Å². The first-order valence-corrected chi connectivity index (χ1v) is 7.27. The number of nitrogens with zero attached hydrogens (tertiary/aromatic N) is 1. The van der Waals surface area contributed by atoms with Crippen LogP contribution in [-0.4, -0.2) is 60.0 Å². The van der Waals surface area contributed by atoms with Crippen LogP contribution in [0, 0.1) is 0 Å². The van der Waals surface area contributed by atoms with E-state index < -0.39 is 64.9 Å². The predicted octanol–water partition coefficient (Wildman–Crippen LogP) is 4.99. The number of halogens is 19. The smallest absolute Gasteiger partial charge is 0.206 e. The van der Waals surface area contributed by atoms with Gasteiger partial charge in [0.05, 0.1) is 6.20 Å². The first-order valence-electron chi connectivity index (χ1n) is 7.27. The highest BCUT2D eigenvalue weighted by molar-refractivity contribution is 5.48. The minimum absolute atomic E-state index is 0.137. The van der Waals surface area contributed by atoms with E-state index in [-0.39, 0.29) is 12.4 Å². The van der Waals surface area contributed by atoms with Crippen molar-refractivity contribution in [2.45, 2.75) is 53.7 Å². The lowest BCUT2D eigenvalue weighted by Gasteiger charge is -2.43. The van der Waals surface area contributed by atoms with E-state index in [2.05, 4.69) is 4.99 Å². The quantitative estimate of drug-likeness (QED) is 0.333. The Bertz CT molecular complexity index is 792. The van der Waals surface area contributed by atoms with Gasteiger partial charge >= 0.3 is 53.7 Å². The van der Waals surface area contributed by atoms with Crippen molar-refractivity contribution in [3.8, 4) is 0 Å². The van der Waals surface area contributed by atoms with E-state index in [1.807, 2.05) is 0 Å². The Balaban J connectivity index is 3.70. The summed E-state index contributed by atoms with van der Waals surface area (Å²) in [5.41, 5.74) is 0. The summed E-state index contributed by atoms with van der Waals surface area (Å²) in [4.78, 5) is 0.203. The maximum absolute atomic E-state index is 13.6. The molecule has 0 aliphatic carbocycles. The van der Waals surface area contributed by atoms with Gasteiger partial charge in [-0.15, -0.1) is 8.78 Å². The van der Waals surface area contributed by atoms with Gasteiger partial charge in [0.25, 0.3) is 0 Å². The molecule has 1 aliphatic heterocycles. The molecule has 1 unspecified atom stereocenters. The lowest BCUT2D eigenvalue weighted by atomic mass is 9.88. The van der Waals surface area contributed by atoms with Gasteiger partial charge in [0, 0.05) is 0 Å². The number of alkyl halides is 19. The Morgan fingerprint density at radius 2 is 0.727 bits per heavy atom. The van der Waals surface area contributed by atoms with Crippen LogP contribution >= 0.6 is 0 Å². The van der Waals surface area contributed by atoms with Gasteiger partial charge in [-0.3, -0.25) is 0 Å². The SMILES string of the molecule is FC(F)(F)C(F)(F)C(F)(F)C(F)(F)C(F)(F)C(F)(F)C(F)(F)C(F)(F)C(F)(F)[NH+]1C=CN=C1. The van der Waals surface area contributed by atoms with Crippen LogP contribution in [0.2, 0.25) is 0 Å². The molecule has 21 heteroatoms. The minimum Gasteiger partial charge on any atom is -0.206 e. The number of nitrogens with one attached hydrogen (secondary N) is 1. The highest BCUT2D eigenvalue weighted by Gasteiger charge is 2.97. The number of rotatable bonds is 8. The van der Waals surface area contributed by atoms with Gasteiger partial charge in [-0.05, 0) is 0 Å². The second-order valence-corrected chi connectivity index (χ2v) is 6.14. The van der Waals surface area contributed by atoms with Crippen molar-refractivity contribution in [3.63, 3.8) is 0 Å². The molecule has 2 nitrogen and oxygen atoms in total. The van der Waals surface area contributed by atoms with E-state index in [9.17, 15) is 83.4 Å². The monoisotopic (exact) mass is 537 g/mol. The van der Waals surface area contributed by atoms with Crippen LogP contribution in [0.15, 0.2) is 17.4 Å². The fourth-order valence-corrected chi connectivity index (χ4v) is 2.02. The molecule has 0 amide bonds. The Morgan fingerprint density at radius 1 is 0.424 bits per heavy atom. The number of quaternary nitrogens is 1. The summed E-state index contributed by atoms with van der Waals surface area (Å²) in [5.74, 6) is -59.9. The Kier molecular flexibility index (Phi) is 6.40. The predicted molar refractivity (Wildman–Crippen MR) is 64.2 cm³/mol. The van der Waals surface area contributed by atoms with Crippen LogP contribution in [0.5, 0.6) is 0 Å². The molecule has 1 heterocycles. The summed E-state index contributed by atoms with van der Waals surface area (Å²) in [6, 6.07) is -6.67. The maximum Gasteiger partial charge on any atom is 0.470 e. The zero-order valence-corrected chi connectivity index (χ0v) is 14.4. The van der Waals surface area contributed by atoms with E-state index >= 15 is 0 Å². The van der Waals surface area contributed by atoms with Crippen LogP contribution < -0.4 is 4.90 Å². The second kappa shape index (κ2) is 7.27. The summed E-state index contributed by atoms with van der Waals surface area (Å²) in [5, 5.41) is 0. The largest absolute Gasteiger partial charge is 0.470 e. The molecule has 0 fully saturated rings. The van der Waals surface area contributed by atoms with Gasteiger partial charge in [0.15, 0.2) is 6.34 Å². The summed E-state index contributed by atoms with van der Waals surface area (Å²) in [6.45, 7) is 0. The van der Waals surface area contributed by atoms with Crippen LogP contribution in [0.25, 0.3) is 0 Å². The average Bonchev–Trinajstić information content (AvgIpc) is 3.14. The molecule has 0 bridgehead atoms. The number of hydrogen-bond donors (Lipinski definition) is 1. The number of aliphatic imine (C=N–C) groups is 1. The molecule has 33 heavy (non-hydrogen) atoms. The molecule has 0 radical (unpaired) electrons. The lowest BCUT2D eigenvalue weighted by molar-refractivity contribution is -0.875. The maximum atomic E-state index is 13.6. The Labute approximate surface area is 167 Å². The normalized spacial score (nSPS) is 20.0. The standard InChI is InChI=1S/C12H3F19N2/c13-4(14,5(15,16)7(19,20)9(23,24)11(27,28)29)6(17,18)8(21,22)10(25,26)12(30,31)33-2-1-32-3-33/h1-3H/p+1. The van der Waals surface area contributed by atoms with Crippen molar-refractivity contribution in [2.24, 2.45) is 4.99 Å². The third-order valence-corrected chi connectivity index (χ3v) is 4.03. The molecule has 0 aromatic carbocycles. The van der Waals surface area contributed by atoms with Crippen molar-refractivity contribution in [2.75, 3.05) is 0 Å². The van der Waals surface area contributed by atoms with Gasteiger partial charge in [0.2, 0.25) is 0 Å². The molecule has 1 atom stereocenters. The van der Waals surface area contributed by atoms with E-state index in [0.29, 0.717) is 0 Å². The van der Waals surface area contributed by atoms with E-state index in [1.165, 1.54) is 0 Å². The fourth-order valence-electron chi connectivity index (χ4n) is 2.02. The molecule has 0 aromatic heterocycles. The van der Waals surface area contributed by atoms with Crippen molar-refractivity contribution in [1.82, 2.24) is 0 Å². The van der Waals surface area contributed by atoms with Gasteiger partial charge in [-0.2, -0.15) is 79.5 Å². The highest BCUT2D eigenvalue weighted by atomic mass is 19.4. The molecule has 1 aliphatic rings. The molecular weight excluding hydrogens is 533 g/mol. The van der Waals surface area contributed by atoms with Crippen molar-refractivity contribution in [3.05, 3.63) is 12.4 Å². The van der Waals surface area contributed by atoms with Crippen molar-refractivity contribution >= 4 is 6.34 Å². The summed E-state index contributed by atoms with van der Waals surface area (Å²) in [7, 11) is 0. The zero-order chi connectivity index (χ0) is 26.9. The molecule has 194 valence electrons. The molecule has 1 N–H and O–H groups in total. The fraction of sp³-hybridized carbons (Fsp3) is 0.750. The Hall–Kier alpha value is -1.96. The average molecular weight is 537 g/mol. The number of hydrogen-bond acceptors (Lipinski definition) is 1. The van der Waals surface area contributed by atoms with Gasteiger partial charge in [0.1, 0.15) is 6.20 Å². The Morgan fingerprint density at radius 3 is 1.00 bits per heavy atom. The molecule has 0 saturated heterocycles. The molecule has 0 spiro atoms. The topological polar surface area (TPSA) is 16.8 Å². The summed E-state index contributed by atoms with van der Waals surface area (Å²) in [6.07, 6.45) is -8.46. The van der Waals surface area contributed by atoms with Crippen molar-refractivity contribution < 1.29 is 88.3 Å². The highest BCUT2D eigenvalue weighted by Crippen LogP contribution is 2.64. The van der Waals surface area contributed by atoms with Crippen LogP contribution in [0.4, 0.5) is 83.4 Å². The molecule has 1 rings (SSSR count). The zero-order valence-electron chi connectivity index (χ0n) is 14.4. The summed E-state index contributed by atoms with van der Waals surface area (Å²) >= 11 is 0. The first-order chi connectivity index (χ1) is 14.1. The van der Waals surface area contributed by atoms with E-state index in [1.54, 1.807) is 0 Å². The minimum atomic E-state index is -8.91. The van der Waals surface area contributed by atoms with E-state index in [0.717, 1.165) is 0 Å². The third kappa shape index (κ3) is 3.43. The van der Waals surface area contributed by atoms with Crippen LogP contribution in [0.1, 0.15) is 0 Å². The lowest BCUT2D eigenvalue weighted by Crippen LogP contribution is -3.16. The molecule has 0 saturated carbocycles. The second-order valence-electron chi connectivity index (χ2n) is 6.14. The van der Waals surface area contributed by atoms with Crippen LogP contribution in [0.3, 0.4) is 0 Å².